The topological polar surface area (TPSA) is 132 Å². The molecular formula is C19H26FN7O3S. The number of hydrogen-bond acceptors (Lipinski definition) is 9. The number of hydrogen-bond donors (Lipinski definition) is 4. The normalized spacial score (nSPS) is 14.8. The molecule has 0 unspecified atom stereocenters. The first-order valence-corrected chi connectivity index (χ1v) is 11.0. The molecule has 3 rings (SSSR count). The first-order chi connectivity index (χ1) is 15.0. The van der Waals surface area contributed by atoms with Gasteiger partial charge in [0.25, 0.3) is 0 Å². The van der Waals surface area contributed by atoms with Crippen molar-refractivity contribution in [2.75, 3.05) is 17.3 Å². The van der Waals surface area contributed by atoms with Gasteiger partial charge in [0.15, 0.2) is 11.6 Å². The molecule has 0 saturated heterocycles. The molecule has 1 fully saturated rings. The number of amides is 2. The summed E-state index contributed by atoms with van der Waals surface area (Å²) in [5.41, 5.74) is 4.97. The molecule has 1 aliphatic rings. The van der Waals surface area contributed by atoms with Crippen LogP contribution < -0.4 is 16.2 Å². The summed E-state index contributed by atoms with van der Waals surface area (Å²) in [6.07, 6.45) is 6.69. The molecule has 0 aliphatic heterocycles. The van der Waals surface area contributed by atoms with Crippen LogP contribution in [0.3, 0.4) is 0 Å². The standard InChI is InChI=1S/C19H26FN7O3S/c1-12-23-17(22-9-15-21-6-7-31-15)16(20)18(24-12)25-26-19(29)14(10-27(30)11-28)8-13-4-2-3-5-13/h6-7,11,13-14,30H,2-5,8-10H2,1H3,(H,26,29)(H2,22,23,24,25)/t14-/m0/s1. The van der Waals surface area contributed by atoms with Gasteiger partial charge >= 0.3 is 0 Å². The fourth-order valence-electron chi connectivity index (χ4n) is 3.66. The molecule has 12 heteroatoms. The van der Waals surface area contributed by atoms with E-state index in [1.807, 2.05) is 5.38 Å². The molecule has 2 heterocycles. The number of carbonyl (C=O) groups excluding carboxylic acids is 2. The minimum atomic E-state index is -0.744. The van der Waals surface area contributed by atoms with Crippen molar-refractivity contribution in [3.8, 4) is 0 Å². The zero-order valence-electron chi connectivity index (χ0n) is 17.2. The van der Waals surface area contributed by atoms with Crippen molar-refractivity contribution in [3.05, 3.63) is 28.2 Å². The van der Waals surface area contributed by atoms with E-state index in [2.05, 4.69) is 31.1 Å². The van der Waals surface area contributed by atoms with E-state index < -0.39 is 17.6 Å². The number of thiazole rings is 1. The third-order valence-corrected chi connectivity index (χ3v) is 5.93. The average molecular weight is 452 g/mol. The average Bonchev–Trinajstić information content (AvgIpc) is 3.46. The minimum Gasteiger partial charge on any atom is -0.361 e. The Bertz CT molecular complexity index is 878. The first kappa shape index (κ1) is 22.8. The molecule has 1 aliphatic carbocycles. The molecule has 2 amide bonds. The summed E-state index contributed by atoms with van der Waals surface area (Å²) in [4.78, 5) is 35.7. The molecule has 168 valence electrons. The second-order valence-corrected chi connectivity index (χ2v) is 8.47. The highest BCUT2D eigenvalue weighted by molar-refractivity contribution is 7.09. The third-order valence-electron chi connectivity index (χ3n) is 5.15. The fourth-order valence-corrected chi connectivity index (χ4v) is 4.22. The monoisotopic (exact) mass is 451 g/mol. The molecule has 0 aromatic carbocycles. The van der Waals surface area contributed by atoms with E-state index in [1.165, 1.54) is 11.3 Å². The molecule has 0 bridgehead atoms. The maximum atomic E-state index is 14.8. The SMILES string of the molecule is Cc1nc(NCc2nccs2)c(F)c(NNC(=O)[C@@H](CC2CCCC2)CN(O)C=O)n1. The van der Waals surface area contributed by atoms with Crippen molar-refractivity contribution in [1.82, 2.24) is 25.4 Å². The Balaban J connectivity index is 1.64. The van der Waals surface area contributed by atoms with Crippen LogP contribution in [0.2, 0.25) is 0 Å². The van der Waals surface area contributed by atoms with Crippen LogP contribution in [0, 0.1) is 24.6 Å². The maximum absolute atomic E-state index is 14.8. The molecule has 31 heavy (non-hydrogen) atoms. The smallest absolute Gasteiger partial charge is 0.243 e. The number of aromatic nitrogens is 3. The Morgan fingerprint density at radius 3 is 2.81 bits per heavy atom. The van der Waals surface area contributed by atoms with E-state index in [4.69, 9.17) is 0 Å². The van der Waals surface area contributed by atoms with Crippen LogP contribution in [-0.2, 0) is 16.1 Å². The Labute approximate surface area is 183 Å². The Hall–Kier alpha value is -2.86. The lowest BCUT2D eigenvalue weighted by Gasteiger charge is -2.22. The fraction of sp³-hybridized carbons (Fsp3) is 0.526. The first-order valence-electron chi connectivity index (χ1n) is 10.1. The molecule has 10 nitrogen and oxygen atoms in total. The van der Waals surface area contributed by atoms with E-state index >= 15 is 0 Å². The predicted octanol–water partition coefficient (Wildman–Crippen LogP) is 2.48. The number of nitrogens with one attached hydrogen (secondary N) is 3. The van der Waals surface area contributed by atoms with Crippen molar-refractivity contribution in [2.45, 2.75) is 45.6 Å². The summed E-state index contributed by atoms with van der Waals surface area (Å²) in [6, 6.07) is 0. The Kier molecular flexibility index (Phi) is 8.06. The lowest BCUT2D eigenvalue weighted by atomic mass is 9.92. The molecule has 1 saturated carbocycles. The molecule has 4 N–H and O–H groups in total. The molecular weight excluding hydrogens is 425 g/mol. The third kappa shape index (κ3) is 6.56. The van der Waals surface area contributed by atoms with Gasteiger partial charge in [0.1, 0.15) is 10.8 Å². The molecule has 1 atom stereocenters. The molecule has 0 spiro atoms. The van der Waals surface area contributed by atoms with Crippen molar-refractivity contribution >= 4 is 35.3 Å². The molecule has 0 radical (unpaired) electrons. The Morgan fingerprint density at radius 1 is 1.39 bits per heavy atom. The number of halogens is 1. The van der Waals surface area contributed by atoms with Gasteiger partial charge in [-0.05, 0) is 19.3 Å². The van der Waals surface area contributed by atoms with Crippen LogP contribution in [0.5, 0.6) is 0 Å². The maximum Gasteiger partial charge on any atom is 0.243 e. The quantitative estimate of drug-likeness (QED) is 0.233. The van der Waals surface area contributed by atoms with Crippen LogP contribution in [0.1, 0.15) is 42.9 Å². The van der Waals surface area contributed by atoms with Crippen LogP contribution in [-0.4, -0.2) is 44.1 Å². The van der Waals surface area contributed by atoms with Crippen LogP contribution in [0.15, 0.2) is 11.6 Å². The van der Waals surface area contributed by atoms with Gasteiger partial charge in [0, 0.05) is 11.6 Å². The number of hydrazine groups is 1. The van der Waals surface area contributed by atoms with Crippen LogP contribution in [0.25, 0.3) is 0 Å². The van der Waals surface area contributed by atoms with Gasteiger partial charge in [-0.25, -0.2) is 20.0 Å². The van der Waals surface area contributed by atoms with E-state index in [0.717, 1.165) is 30.7 Å². The van der Waals surface area contributed by atoms with Crippen molar-refractivity contribution in [2.24, 2.45) is 11.8 Å². The van der Waals surface area contributed by atoms with E-state index in [-0.39, 0.29) is 24.6 Å². The summed E-state index contributed by atoms with van der Waals surface area (Å²) < 4.78 is 14.8. The summed E-state index contributed by atoms with van der Waals surface area (Å²) in [5.74, 6) is -1.37. The number of carbonyl (C=O) groups is 2. The van der Waals surface area contributed by atoms with E-state index in [0.29, 0.717) is 29.8 Å². The lowest BCUT2D eigenvalue weighted by molar-refractivity contribution is -0.154. The summed E-state index contributed by atoms with van der Waals surface area (Å²) in [6.45, 7) is 1.77. The summed E-state index contributed by atoms with van der Waals surface area (Å²) >= 11 is 1.43. The molecule has 2 aromatic heterocycles. The van der Waals surface area contributed by atoms with E-state index in [9.17, 15) is 19.2 Å². The highest BCUT2D eigenvalue weighted by Crippen LogP contribution is 2.30. The molecule has 2 aromatic rings. The highest BCUT2D eigenvalue weighted by atomic mass is 32.1. The van der Waals surface area contributed by atoms with Gasteiger partial charge in [0.2, 0.25) is 18.1 Å². The van der Waals surface area contributed by atoms with Gasteiger partial charge in [0.05, 0.1) is 19.0 Å². The summed E-state index contributed by atoms with van der Waals surface area (Å²) in [5, 5.41) is 15.5. The van der Waals surface area contributed by atoms with Gasteiger partial charge in [-0.1, -0.05) is 25.7 Å². The Morgan fingerprint density at radius 2 is 2.13 bits per heavy atom. The lowest BCUT2D eigenvalue weighted by Crippen LogP contribution is -2.41. The number of anilines is 2. The van der Waals surface area contributed by atoms with Crippen molar-refractivity contribution in [1.29, 1.82) is 0 Å². The second kappa shape index (κ2) is 11.0. The zero-order valence-corrected chi connectivity index (χ0v) is 18.0. The number of aryl methyl sites for hydroxylation is 1. The van der Waals surface area contributed by atoms with Gasteiger partial charge in [-0.15, -0.1) is 11.3 Å². The van der Waals surface area contributed by atoms with Crippen LogP contribution >= 0.6 is 11.3 Å². The van der Waals surface area contributed by atoms with Gasteiger partial charge in [-0.3, -0.25) is 25.6 Å². The zero-order chi connectivity index (χ0) is 22.2. The largest absolute Gasteiger partial charge is 0.361 e. The number of nitrogens with zero attached hydrogens (tertiary/aromatic N) is 4. The predicted molar refractivity (Wildman–Crippen MR) is 113 cm³/mol. The highest BCUT2D eigenvalue weighted by Gasteiger charge is 2.27. The summed E-state index contributed by atoms with van der Waals surface area (Å²) in [7, 11) is 0. The number of rotatable bonds is 11. The van der Waals surface area contributed by atoms with Crippen LogP contribution in [0.4, 0.5) is 16.0 Å². The van der Waals surface area contributed by atoms with Crippen molar-refractivity contribution < 1.29 is 19.2 Å². The minimum absolute atomic E-state index is 0.00978. The van der Waals surface area contributed by atoms with Crippen molar-refractivity contribution in [3.63, 3.8) is 0 Å². The van der Waals surface area contributed by atoms with E-state index in [1.54, 1.807) is 13.1 Å². The number of hydroxylamine groups is 2. The van der Waals surface area contributed by atoms with Gasteiger partial charge in [-0.2, -0.15) is 4.39 Å². The second-order valence-electron chi connectivity index (χ2n) is 7.49. The van der Waals surface area contributed by atoms with Gasteiger partial charge < -0.3 is 5.32 Å².